The molecule has 1 fully saturated rings. The largest absolute Gasteiger partial charge is 0.397 e. The maximum absolute atomic E-state index is 12.2. The van der Waals surface area contributed by atoms with Gasteiger partial charge in [0.25, 0.3) is 5.91 Å². The van der Waals surface area contributed by atoms with E-state index in [1.54, 1.807) is 12.4 Å². The molecule has 7 heteroatoms. The Bertz CT molecular complexity index is 607. The van der Waals surface area contributed by atoms with E-state index < -0.39 is 0 Å². The van der Waals surface area contributed by atoms with Gasteiger partial charge in [-0.3, -0.25) is 15.2 Å². The number of carbonyl (C=O) groups is 1. The van der Waals surface area contributed by atoms with Crippen molar-refractivity contribution in [1.29, 1.82) is 0 Å². The van der Waals surface area contributed by atoms with Gasteiger partial charge in [-0.25, -0.2) is 5.01 Å². The zero-order chi connectivity index (χ0) is 13.2. The van der Waals surface area contributed by atoms with Gasteiger partial charge < -0.3 is 10.5 Å². The summed E-state index contributed by atoms with van der Waals surface area (Å²) >= 11 is 1.36. The molecule has 3 N–H and O–H groups in total. The number of pyridine rings is 1. The van der Waals surface area contributed by atoms with Crippen molar-refractivity contribution in [3.05, 3.63) is 23.3 Å². The molecule has 1 aliphatic heterocycles. The number of nitrogen functional groups attached to an aromatic ring is 1. The van der Waals surface area contributed by atoms with Crippen LogP contribution in [0.2, 0.25) is 0 Å². The Balaban J connectivity index is 1.83. The van der Waals surface area contributed by atoms with Crippen molar-refractivity contribution in [3.63, 3.8) is 0 Å². The highest BCUT2D eigenvalue weighted by atomic mass is 32.1. The van der Waals surface area contributed by atoms with Gasteiger partial charge >= 0.3 is 0 Å². The third-order valence-corrected chi connectivity index (χ3v) is 4.16. The van der Waals surface area contributed by atoms with E-state index in [-0.39, 0.29) is 5.91 Å². The number of hydrogen-bond acceptors (Lipinski definition) is 6. The second kappa shape index (κ2) is 5.12. The third-order valence-electron chi connectivity index (χ3n) is 3.01. The molecule has 6 nitrogen and oxygen atoms in total. The minimum absolute atomic E-state index is 0.166. The molecule has 0 bridgehead atoms. The van der Waals surface area contributed by atoms with Gasteiger partial charge in [-0.05, 0) is 6.07 Å². The molecule has 2 aromatic heterocycles. The summed E-state index contributed by atoms with van der Waals surface area (Å²) in [6.45, 7) is 2.65. The Morgan fingerprint density at radius 1 is 1.47 bits per heavy atom. The first-order valence-corrected chi connectivity index (χ1v) is 6.83. The van der Waals surface area contributed by atoms with Crippen LogP contribution in [0.25, 0.3) is 10.1 Å². The zero-order valence-electron chi connectivity index (χ0n) is 10.3. The number of amides is 1. The lowest BCUT2D eigenvalue weighted by molar-refractivity contribution is 0.0128. The van der Waals surface area contributed by atoms with E-state index in [4.69, 9.17) is 10.5 Å². The molecule has 0 radical (unpaired) electrons. The maximum Gasteiger partial charge on any atom is 0.277 e. The predicted octanol–water partition coefficient (Wildman–Crippen LogP) is 0.855. The summed E-state index contributed by atoms with van der Waals surface area (Å²) in [5.74, 6) is -0.166. The molecule has 0 aromatic carbocycles. The fourth-order valence-corrected chi connectivity index (χ4v) is 2.99. The van der Waals surface area contributed by atoms with Crippen molar-refractivity contribution in [1.82, 2.24) is 15.4 Å². The van der Waals surface area contributed by atoms with E-state index in [0.717, 1.165) is 10.1 Å². The van der Waals surface area contributed by atoms with Crippen molar-refractivity contribution < 1.29 is 9.53 Å². The molecule has 100 valence electrons. The summed E-state index contributed by atoms with van der Waals surface area (Å²) in [5.41, 5.74) is 9.41. The molecule has 0 saturated carbocycles. The quantitative estimate of drug-likeness (QED) is 0.851. The summed E-state index contributed by atoms with van der Waals surface area (Å²) < 4.78 is 6.16. The number of carbonyl (C=O) groups excluding carboxylic acids is 1. The first-order valence-electron chi connectivity index (χ1n) is 6.01. The van der Waals surface area contributed by atoms with E-state index in [2.05, 4.69) is 10.4 Å². The average molecular weight is 278 g/mol. The lowest BCUT2D eigenvalue weighted by Crippen LogP contribution is -2.48. The smallest absolute Gasteiger partial charge is 0.277 e. The van der Waals surface area contributed by atoms with Crippen molar-refractivity contribution in [2.24, 2.45) is 0 Å². The van der Waals surface area contributed by atoms with E-state index in [1.807, 2.05) is 11.1 Å². The lowest BCUT2D eigenvalue weighted by atomic mass is 10.2. The van der Waals surface area contributed by atoms with Crippen molar-refractivity contribution >= 4 is 33.0 Å². The second-order valence-corrected chi connectivity index (χ2v) is 5.31. The van der Waals surface area contributed by atoms with Crippen LogP contribution < -0.4 is 11.2 Å². The van der Waals surface area contributed by atoms with Gasteiger partial charge in [0.2, 0.25) is 0 Å². The number of nitrogens with zero attached hydrogens (tertiary/aromatic N) is 2. The van der Waals surface area contributed by atoms with Crippen LogP contribution in [0.3, 0.4) is 0 Å². The molecule has 2 aromatic rings. The van der Waals surface area contributed by atoms with E-state index >= 15 is 0 Å². The van der Waals surface area contributed by atoms with E-state index in [9.17, 15) is 4.79 Å². The molecular formula is C12H14N4O2S. The van der Waals surface area contributed by atoms with Crippen LogP contribution in [0.5, 0.6) is 0 Å². The third kappa shape index (κ3) is 2.40. The first-order chi connectivity index (χ1) is 9.25. The second-order valence-electron chi connectivity index (χ2n) is 4.26. The van der Waals surface area contributed by atoms with Crippen LogP contribution in [-0.2, 0) is 4.74 Å². The molecule has 1 saturated heterocycles. The summed E-state index contributed by atoms with van der Waals surface area (Å²) in [6, 6.07) is 1.83. The molecule has 19 heavy (non-hydrogen) atoms. The first kappa shape index (κ1) is 12.3. The molecule has 0 aliphatic carbocycles. The van der Waals surface area contributed by atoms with Crippen molar-refractivity contribution in [2.75, 3.05) is 32.0 Å². The summed E-state index contributed by atoms with van der Waals surface area (Å²) in [6.07, 6.45) is 3.40. The van der Waals surface area contributed by atoms with Gasteiger partial charge in [-0.2, -0.15) is 0 Å². The van der Waals surface area contributed by atoms with E-state index in [0.29, 0.717) is 36.9 Å². The minimum Gasteiger partial charge on any atom is -0.397 e. The molecule has 0 unspecified atom stereocenters. The highest BCUT2D eigenvalue weighted by molar-refractivity contribution is 7.21. The fraction of sp³-hybridized carbons (Fsp3) is 0.333. The van der Waals surface area contributed by atoms with Gasteiger partial charge in [-0.15, -0.1) is 11.3 Å². The highest BCUT2D eigenvalue weighted by Gasteiger charge is 2.19. The number of nitrogens with one attached hydrogen (secondary N) is 1. The SMILES string of the molecule is Nc1c(C(=O)NN2CCOCC2)sc2cnccc12. The van der Waals surface area contributed by atoms with Gasteiger partial charge in [0.05, 0.1) is 23.6 Å². The topological polar surface area (TPSA) is 80.5 Å². The number of hydrazine groups is 1. The molecule has 0 atom stereocenters. The van der Waals surface area contributed by atoms with Crippen LogP contribution >= 0.6 is 11.3 Å². The number of aromatic nitrogens is 1. The summed E-state index contributed by atoms with van der Waals surface area (Å²) in [7, 11) is 0. The van der Waals surface area contributed by atoms with Crippen molar-refractivity contribution in [2.45, 2.75) is 0 Å². The van der Waals surface area contributed by atoms with Crippen LogP contribution in [-0.4, -0.2) is 42.2 Å². The van der Waals surface area contributed by atoms with Crippen LogP contribution in [0, 0.1) is 0 Å². The van der Waals surface area contributed by atoms with Crippen molar-refractivity contribution in [3.8, 4) is 0 Å². The molecule has 3 rings (SSSR count). The number of hydrogen-bond donors (Lipinski definition) is 2. The standard InChI is InChI=1S/C12H14N4O2S/c13-10-8-1-2-14-7-9(8)19-11(10)12(17)15-16-3-5-18-6-4-16/h1-2,7H,3-6,13H2,(H,15,17). The number of morpholine rings is 1. The predicted molar refractivity (Wildman–Crippen MR) is 73.9 cm³/mol. The van der Waals surface area contributed by atoms with Gasteiger partial charge in [-0.1, -0.05) is 0 Å². The average Bonchev–Trinajstić information content (AvgIpc) is 2.78. The van der Waals surface area contributed by atoms with Crippen LogP contribution in [0.15, 0.2) is 18.5 Å². The highest BCUT2D eigenvalue weighted by Crippen LogP contribution is 2.32. The fourth-order valence-electron chi connectivity index (χ4n) is 2.01. The summed E-state index contributed by atoms with van der Waals surface area (Å²) in [4.78, 5) is 16.8. The molecular weight excluding hydrogens is 264 g/mol. The summed E-state index contributed by atoms with van der Waals surface area (Å²) in [5, 5.41) is 2.74. The van der Waals surface area contributed by atoms with E-state index in [1.165, 1.54) is 11.3 Å². The van der Waals surface area contributed by atoms with Gasteiger partial charge in [0.1, 0.15) is 4.88 Å². The number of nitrogens with two attached hydrogens (primary N) is 1. The number of thiophene rings is 1. The normalized spacial score (nSPS) is 16.6. The number of ether oxygens (including phenoxy) is 1. The van der Waals surface area contributed by atoms with Crippen LogP contribution in [0.4, 0.5) is 5.69 Å². The molecule has 3 heterocycles. The Morgan fingerprint density at radius 3 is 3.00 bits per heavy atom. The number of rotatable bonds is 2. The Kier molecular flexibility index (Phi) is 3.33. The number of anilines is 1. The Morgan fingerprint density at radius 2 is 2.26 bits per heavy atom. The van der Waals surface area contributed by atoms with Crippen LogP contribution in [0.1, 0.15) is 9.67 Å². The lowest BCUT2D eigenvalue weighted by Gasteiger charge is -2.26. The monoisotopic (exact) mass is 278 g/mol. The minimum atomic E-state index is -0.166. The zero-order valence-corrected chi connectivity index (χ0v) is 11.1. The molecule has 1 aliphatic rings. The number of fused-ring (bicyclic) bond motifs is 1. The molecule has 0 spiro atoms. The Labute approximate surface area is 114 Å². The molecule has 1 amide bonds. The Hall–Kier alpha value is -1.70. The maximum atomic E-state index is 12.2. The van der Waals surface area contributed by atoms with Gasteiger partial charge in [0, 0.05) is 30.9 Å². The van der Waals surface area contributed by atoms with Gasteiger partial charge in [0.15, 0.2) is 0 Å².